The van der Waals surface area contributed by atoms with Gasteiger partial charge in [-0.25, -0.2) is 8.42 Å². The molecular weight excluding hydrogens is 310 g/mol. The Hall–Kier alpha value is -1.85. The van der Waals surface area contributed by atoms with E-state index in [0.717, 1.165) is 11.8 Å². The van der Waals surface area contributed by atoms with Gasteiger partial charge in [-0.2, -0.15) is 0 Å². The number of nitrogens with one attached hydrogen (secondary N) is 1. The fourth-order valence-corrected chi connectivity index (χ4v) is 2.87. The second-order valence-corrected chi connectivity index (χ2v) is 7.00. The van der Waals surface area contributed by atoms with Gasteiger partial charge in [0.25, 0.3) is 5.91 Å². The van der Waals surface area contributed by atoms with Gasteiger partial charge in [-0.3, -0.25) is 4.79 Å². The number of hydrogen-bond acceptors (Lipinski definition) is 3. The SMILES string of the molecule is CS(=O)(=O)c1ccccc1C(=O)NCc1ccc(Cl)cc1. The van der Waals surface area contributed by atoms with Crippen LogP contribution >= 0.6 is 11.6 Å². The Labute approximate surface area is 128 Å². The predicted octanol–water partition coefficient (Wildman–Crippen LogP) is 2.67. The van der Waals surface area contributed by atoms with Gasteiger partial charge in [0.2, 0.25) is 0 Å². The first kappa shape index (κ1) is 15.5. The quantitative estimate of drug-likeness (QED) is 0.941. The van der Waals surface area contributed by atoms with Gasteiger partial charge in [0.05, 0.1) is 10.5 Å². The average molecular weight is 324 g/mol. The smallest absolute Gasteiger partial charge is 0.252 e. The van der Waals surface area contributed by atoms with E-state index in [2.05, 4.69) is 5.32 Å². The zero-order valence-corrected chi connectivity index (χ0v) is 12.9. The Bertz CT molecular complexity index is 755. The van der Waals surface area contributed by atoms with E-state index in [1.165, 1.54) is 12.1 Å². The van der Waals surface area contributed by atoms with Gasteiger partial charge in [0.1, 0.15) is 0 Å². The minimum Gasteiger partial charge on any atom is -0.348 e. The molecule has 0 aliphatic heterocycles. The number of halogens is 1. The Morgan fingerprint density at radius 2 is 1.71 bits per heavy atom. The van der Waals surface area contributed by atoms with Gasteiger partial charge < -0.3 is 5.32 Å². The molecule has 110 valence electrons. The topological polar surface area (TPSA) is 63.2 Å². The van der Waals surface area contributed by atoms with Crippen molar-refractivity contribution in [2.45, 2.75) is 11.4 Å². The Kier molecular flexibility index (Phi) is 4.65. The molecule has 0 radical (unpaired) electrons. The fraction of sp³-hybridized carbons (Fsp3) is 0.133. The lowest BCUT2D eigenvalue weighted by atomic mass is 10.2. The molecule has 2 aromatic rings. The summed E-state index contributed by atoms with van der Waals surface area (Å²) >= 11 is 5.79. The minimum atomic E-state index is -3.45. The molecule has 0 saturated heterocycles. The van der Waals surface area contributed by atoms with E-state index in [1.54, 1.807) is 36.4 Å². The summed E-state index contributed by atoms with van der Waals surface area (Å²) in [6, 6.07) is 13.2. The first-order valence-corrected chi connectivity index (χ1v) is 8.46. The van der Waals surface area contributed by atoms with Gasteiger partial charge in [-0.1, -0.05) is 35.9 Å². The zero-order valence-electron chi connectivity index (χ0n) is 11.3. The van der Waals surface area contributed by atoms with Crippen LogP contribution < -0.4 is 5.32 Å². The molecule has 21 heavy (non-hydrogen) atoms. The molecule has 0 fully saturated rings. The molecule has 0 aromatic heterocycles. The van der Waals surface area contributed by atoms with Crippen molar-refractivity contribution in [2.24, 2.45) is 0 Å². The van der Waals surface area contributed by atoms with Crippen molar-refractivity contribution in [1.29, 1.82) is 0 Å². The van der Waals surface area contributed by atoms with Crippen LogP contribution in [0.4, 0.5) is 0 Å². The molecule has 0 unspecified atom stereocenters. The van der Waals surface area contributed by atoms with Crippen molar-refractivity contribution in [3.8, 4) is 0 Å². The van der Waals surface area contributed by atoms with E-state index in [-0.39, 0.29) is 10.5 Å². The molecule has 0 aliphatic rings. The highest BCUT2D eigenvalue weighted by atomic mass is 35.5. The number of sulfone groups is 1. The maximum absolute atomic E-state index is 12.2. The van der Waals surface area contributed by atoms with Gasteiger partial charge in [-0.05, 0) is 29.8 Å². The largest absolute Gasteiger partial charge is 0.348 e. The summed E-state index contributed by atoms with van der Waals surface area (Å²) in [7, 11) is -3.45. The summed E-state index contributed by atoms with van der Waals surface area (Å²) in [4.78, 5) is 12.2. The highest BCUT2D eigenvalue weighted by Gasteiger charge is 2.17. The number of hydrogen-bond donors (Lipinski definition) is 1. The van der Waals surface area contributed by atoms with E-state index < -0.39 is 15.7 Å². The number of carbonyl (C=O) groups is 1. The van der Waals surface area contributed by atoms with Gasteiger partial charge in [0, 0.05) is 17.8 Å². The molecule has 0 heterocycles. The normalized spacial score (nSPS) is 11.1. The number of rotatable bonds is 4. The summed E-state index contributed by atoms with van der Waals surface area (Å²) in [6.07, 6.45) is 1.08. The predicted molar refractivity (Wildman–Crippen MR) is 82.2 cm³/mol. The molecular formula is C15H14ClNO3S. The molecule has 2 aromatic carbocycles. The summed E-state index contributed by atoms with van der Waals surface area (Å²) in [6.45, 7) is 0.300. The summed E-state index contributed by atoms with van der Waals surface area (Å²) in [5.41, 5.74) is 1.03. The van der Waals surface area contributed by atoms with Crippen molar-refractivity contribution >= 4 is 27.3 Å². The van der Waals surface area contributed by atoms with Crippen LogP contribution in [0.5, 0.6) is 0 Å². The maximum atomic E-state index is 12.2. The maximum Gasteiger partial charge on any atom is 0.252 e. The molecule has 0 saturated carbocycles. The lowest BCUT2D eigenvalue weighted by molar-refractivity contribution is 0.0947. The van der Waals surface area contributed by atoms with E-state index in [4.69, 9.17) is 11.6 Å². The van der Waals surface area contributed by atoms with Crippen molar-refractivity contribution < 1.29 is 13.2 Å². The third kappa shape index (κ3) is 4.06. The van der Waals surface area contributed by atoms with Crippen molar-refractivity contribution in [2.75, 3.05) is 6.26 Å². The third-order valence-electron chi connectivity index (χ3n) is 2.90. The highest BCUT2D eigenvalue weighted by molar-refractivity contribution is 7.90. The van der Waals surface area contributed by atoms with Crippen molar-refractivity contribution in [3.05, 3.63) is 64.7 Å². The van der Waals surface area contributed by atoms with E-state index in [1.807, 2.05) is 0 Å². The van der Waals surface area contributed by atoms with Crippen molar-refractivity contribution in [3.63, 3.8) is 0 Å². The number of benzene rings is 2. The summed E-state index contributed by atoms with van der Waals surface area (Å²) < 4.78 is 23.4. The van der Waals surface area contributed by atoms with Crippen LogP contribution in [0.1, 0.15) is 15.9 Å². The molecule has 4 nitrogen and oxygen atoms in total. The van der Waals surface area contributed by atoms with Gasteiger partial charge >= 0.3 is 0 Å². The molecule has 1 N–H and O–H groups in total. The van der Waals surface area contributed by atoms with Crippen LogP contribution in [-0.4, -0.2) is 20.6 Å². The van der Waals surface area contributed by atoms with Crippen LogP contribution in [0.15, 0.2) is 53.4 Å². The monoisotopic (exact) mass is 323 g/mol. The highest BCUT2D eigenvalue weighted by Crippen LogP contribution is 2.15. The molecule has 0 bridgehead atoms. The van der Waals surface area contributed by atoms with Crippen LogP contribution in [0.25, 0.3) is 0 Å². The summed E-state index contributed by atoms with van der Waals surface area (Å²) in [5, 5.41) is 3.32. The first-order valence-electron chi connectivity index (χ1n) is 6.19. The molecule has 0 atom stereocenters. The lowest BCUT2D eigenvalue weighted by Gasteiger charge is -2.09. The fourth-order valence-electron chi connectivity index (χ4n) is 1.86. The average Bonchev–Trinajstić information content (AvgIpc) is 2.45. The molecule has 0 spiro atoms. The number of amides is 1. The van der Waals surface area contributed by atoms with E-state index in [0.29, 0.717) is 11.6 Å². The third-order valence-corrected chi connectivity index (χ3v) is 4.30. The Balaban J connectivity index is 2.16. The zero-order chi connectivity index (χ0) is 15.5. The van der Waals surface area contributed by atoms with Gasteiger partial charge in [0.15, 0.2) is 9.84 Å². The molecule has 2 rings (SSSR count). The molecule has 6 heteroatoms. The minimum absolute atomic E-state index is 0.0265. The Morgan fingerprint density at radius 3 is 2.33 bits per heavy atom. The van der Waals surface area contributed by atoms with Crippen molar-refractivity contribution in [1.82, 2.24) is 5.32 Å². The van der Waals surface area contributed by atoms with Crippen LogP contribution in [0.2, 0.25) is 5.02 Å². The van der Waals surface area contributed by atoms with Crippen LogP contribution in [-0.2, 0) is 16.4 Å². The van der Waals surface area contributed by atoms with Crippen LogP contribution in [0, 0.1) is 0 Å². The number of carbonyl (C=O) groups excluding carboxylic acids is 1. The second-order valence-electron chi connectivity index (χ2n) is 4.58. The molecule has 0 aliphatic carbocycles. The van der Waals surface area contributed by atoms with E-state index in [9.17, 15) is 13.2 Å². The second kappa shape index (κ2) is 6.28. The van der Waals surface area contributed by atoms with E-state index >= 15 is 0 Å². The lowest BCUT2D eigenvalue weighted by Crippen LogP contribution is -2.24. The Morgan fingerprint density at radius 1 is 1.10 bits per heavy atom. The van der Waals surface area contributed by atoms with Crippen LogP contribution in [0.3, 0.4) is 0 Å². The van der Waals surface area contributed by atoms with Gasteiger partial charge in [-0.15, -0.1) is 0 Å². The first-order chi connectivity index (χ1) is 9.88. The summed E-state index contributed by atoms with van der Waals surface area (Å²) in [5.74, 6) is -0.425. The standard InChI is InChI=1S/C15H14ClNO3S/c1-21(19,20)14-5-3-2-4-13(14)15(18)17-10-11-6-8-12(16)9-7-11/h2-9H,10H2,1H3,(H,17,18). The molecule has 1 amide bonds.